The Morgan fingerprint density at radius 3 is 2.28 bits per heavy atom. The van der Waals surface area contributed by atoms with Gasteiger partial charge in [-0.05, 0) is 33.6 Å². The van der Waals surface area contributed by atoms with Crippen molar-refractivity contribution in [3.8, 4) is 0 Å². The molecule has 1 aromatic rings. The molecule has 2 aliphatic rings. The van der Waals surface area contributed by atoms with Crippen LogP contribution in [-0.2, 0) is 21.9 Å². The molecule has 1 atom stereocenters. The molecule has 1 saturated heterocycles. The second-order valence-electron chi connectivity index (χ2n) is 7.02. The van der Waals surface area contributed by atoms with Gasteiger partial charge in [0.1, 0.15) is 4.90 Å². The number of amides is 1. The second-order valence-corrected chi connectivity index (χ2v) is 8.90. The van der Waals surface area contributed by atoms with Crippen LogP contribution in [0, 0.1) is 13.8 Å². The number of aromatic nitrogens is 2. The lowest BCUT2D eigenvalue weighted by Gasteiger charge is -2.36. The van der Waals surface area contributed by atoms with Crippen LogP contribution < -0.4 is 5.32 Å². The number of carbonyl (C=O) groups excluding carboxylic acids is 1. The van der Waals surface area contributed by atoms with Crippen molar-refractivity contribution < 1.29 is 13.2 Å². The van der Waals surface area contributed by atoms with Gasteiger partial charge in [-0.15, -0.1) is 0 Å². The SMILES string of the molecule is Cc1nn(C)c(C)c1S(=O)(=O)N1CCN([C@@H](C)C(=O)NC2CC2)CC1. The van der Waals surface area contributed by atoms with E-state index in [1.54, 1.807) is 25.6 Å². The average molecular weight is 369 g/mol. The predicted octanol–water partition coefficient (Wildman–Crippen LogP) is 0.0103. The van der Waals surface area contributed by atoms with E-state index in [0.29, 0.717) is 48.5 Å². The van der Waals surface area contributed by atoms with Gasteiger partial charge in [0, 0.05) is 39.3 Å². The Bertz CT molecular complexity index is 761. The van der Waals surface area contributed by atoms with Gasteiger partial charge in [0.25, 0.3) is 0 Å². The highest BCUT2D eigenvalue weighted by molar-refractivity contribution is 7.89. The fraction of sp³-hybridized carbons (Fsp3) is 0.750. The van der Waals surface area contributed by atoms with Gasteiger partial charge in [-0.3, -0.25) is 14.4 Å². The summed E-state index contributed by atoms with van der Waals surface area (Å²) in [5.74, 6) is 0.0396. The molecule has 1 aromatic heterocycles. The summed E-state index contributed by atoms with van der Waals surface area (Å²) in [5, 5.41) is 7.23. The Balaban J connectivity index is 1.66. The van der Waals surface area contributed by atoms with Crippen LogP contribution in [0.5, 0.6) is 0 Å². The van der Waals surface area contributed by atoms with Crippen molar-refractivity contribution in [3.05, 3.63) is 11.4 Å². The Hall–Kier alpha value is -1.45. The Labute approximate surface area is 149 Å². The molecule has 1 aliphatic heterocycles. The van der Waals surface area contributed by atoms with Crippen LogP contribution >= 0.6 is 0 Å². The number of hydrogen-bond acceptors (Lipinski definition) is 5. The summed E-state index contributed by atoms with van der Waals surface area (Å²) < 4.78 is 29.1. The van der Waals surface area contributed by atoms with Crippen molar-refractivity contribution in [2.24, 2.45) is 7.05 Å². The summed E-state index contributed by atoms with van der Waals surface area (Å²) in [6, 6.07) is 0.112. The van der Waals surface area contributed by atoms with Crippen LogP contribution in [0.2, 0.25) is 0 Å². The summed E-state index contributed by atoms with van der Waals surface area (Å²) in [6.07, 6.45) is 2.13. The van der Waals surface area contributed by atoms with E-state index >= 15 is 0 Å². The lowest BCUT2D eigenvalue weighted by molar-refractivity contribution is -0.126. The molecule has 0 aromatic carbocycles. The number of sulfonamides is 1. The molecule has 140 valence electrons. The minimum Gasteiger partial charge on any atom is -0.352 e. The molecular formula is C16H27N5O3S. The van der Waals surface area contributed by atoms with Gasteiger partial charge in [0.2, 0.25) is 15.9 Å². The van der Waals surface area contributed by atoms with Gasteiger partial charge in [-0.25, -0.2) is 8.42 Å². The molecule has 9 heteroatoms. The van der Waals surface area contributed by atoms with Crippen LogP contribution in [0.1, 0.15) is 31.2 Å². The zero-order chi connectivity index (χ0) is 18.4. The molecule has 25 heavy (non-hydrogen) atoms. The number of nitrogens with one attached hydrogen (secondary N) is 1. The van der Waals surface area contributed by atoms with Gasteiger partial charge in [-0.1, -0.05) is 0 Å². The van der Waals surface area contributed by atoms with Crippen molar-refractivity contribution in [2.45, 2.75) is 50.6 Å². The van der Waals surface area contributed by atoms with Crippen molar-refractivity contribution >= 4 is 15.9 Å². The molecule has 0 radical (unpaired) electrons. The normalized spacial score (nSPS) is 21.3. The van der Waals surface area contributed by atoms with Crippen LogP contribution in [0.4, 0.5) is 0 Å². The minimum atomic E-state index is -3.56. The third-order valence-electron chi connectivity index (χ3n) is 5.16. The van der Waals surface area contributed by atoms with E-state index in [-0.39, 0.29) is 11.9 Å². The third-order valence-corrected chi connectivity index (χ3v) is 7.32. The highest BCUT2D eigenvalue weighted by Gasteiger charge is 2.35. The topological polar surface area (TPSA) is 87.5 Å². The fourth-order valence-corrected chi connectivity index (χ4v) is 5.12. The Morgan fingerprint density at radius 1 is 1.20 bits per heavy atom. The van der Waals surface area contributed by atoms with E-state index in [9.17, 15) is 13.2 Å². The van der Waals surface area contributed by atoms with E-state index in [2.05, 4.69) is 10.4 Å². The smallest absolute Gasteiger partial charge is 0.246 e. The van der Waals surface area contributed by atoms with Gasteiger partial charge in [-0.2, -0.15) is 9.40 Å². The monoisotopic (exact) mass is 369 g/mol. The van der Waals surface area contributed by atoms with Crippen LogP contribution in [-0.4, -0.2) is 71.6 Å². The maximum Gasteiger partial charge on any atom is 0.246 e. The molecule has 1 saturated carbocycles. The highest BCUT2D eigenvalue weighted by atomic mass is 32.2. The fourth-order valence-electron chi connectivity index (χ4n) is 3.30. The van der Waals surface area contributed by atoms with Crippen molar-refractivity contribution in [3.63, 3.8) is 0 Å². The molecular weight excluding hydrogens is 342 g/mol. The zero-order valence-corrected chi connectivity index (χ0v) is 16.1. The van der Waals surface area contributed by atoms with E-state index in [1.807, 2.05) is 11.8 Å². The maximum atomic E-state index is 13.0. The Kier molecular flexibility index (Phi) is 4.91. The van der Waals surface area contributed by atoms with Crippen molar-refractivity contribution in [1.82, 2.24) is 24.3 Å². The zero-order valence-electron chi connectivity index (χ0n) is 15.3. The lowest BCUT2D eigenvalue weighted by atomic mass is 10.2. The van der Waals surface area contributed by atoms with Crippen LogP contribution in [0.25, 0.3) is 0 Å². The number of aryl methyl sites for hydroxylation is 2. The summed E-state index contributed by atoms with van der Waals surface area (Å²) in [6.45, 7) is 7.26. The molecule has 0 bridgehead atoms. The number of piperazine rings is 1. The molecule has 2 heterocycles. The minimum absolute atomic E-state index is 0.0396. The Morgan fingerprint density at radius 2 is 1.80 bits per heavy atom. The van der Waals surface area contributed by atoms with Crippen LogP contribution in [0.15, 0.2) is 4.90 Å². The lowest BCUT2D eigenvalue weighted by Crippen LogP contribution is -2.55. The molecule has 8 nitrogen and oxygen atoms in total. The van der Waals surface area contributed by atoms with E-state index in [1.165, 1.54) is 4.31 Å². The molecule has 0 unspecified atom stereocenters. The molecule has 0 spiro atoms. The number of nitrogens with zero attached hydrogens (tertiary/aromatic N) is 4. The first-order valence-corrected chi connectivity index (χ1v) is 10.2. The standard InChI is InChI=1S/C16H27N5O3S/c1-11-15(12(2)19(4)18-11)25(23,24)21-9-7-20(8-10-21)13(3)16(22)17-14-5-6-14/h13-14H,5-10H2,1-4H3,(H,17,22)/t13-/m0/s1. The molecule has 2 fully saturated rings. The quantitative estimate of drug-likeness (QED) is 0.790. The number of rotatable bonds is 5. The van der Waals surface area contributed by atoms with Gasteiger partial charge in [0.05, 0.1) is 17.4 Å². The summed E-state index contributed by atoms with van der Waals surface area (Å²) in [7, 11) is -1.81. The summed E-state index contributed by atoms with van der Waals surface area (Å²) in [4.78, 5) is 14.5. The second kappa shape index (κ2) is 6.69. The molecule has 1 amide bonds. The maximum absolute atomic E-state index is 13.0. The number of hydrogen-bond donors (Lipinski definition) is 1. The predicted molar refractivity (Wildman–Crippen MR) is 93.6 cm³/mol. The summed E-state index contributed by atoms with van der Waals surface area (Å²) in [5.41, 5.74) is 1.18. The van der Waals surface area contributed by atoms with Crippen LogP contribution in [0.3, 0.4) is 0 Å². The van der Waals surface area contributed by atoms with Gasteiger partial charge < -0.3 is 5.32 Å². The largest absolute Gasteiger partial charge is 0.352 e. The first-order chi connectivity index (χ1) is 11.7. The van der Waals surface area contributed by atoms with E-state index in [0.717, 1.165) is 12.8 Å². The molecule has 3 rings (SSSR count). The summed E-state index contributed by atoms with van der Waals surface area (Å²) >= 11 is 0. The number of carbonyl (C=O) groups is 1. The average Bonchev–Trinajstić information content (AvgIpc) is 3.33. The van der Waals surface area contributed by atoms with E-state index in [4.69, 9.17) is 0 Å². The third kappa shape index (κ3) is 3.58. The van der Waals surface area contributed by atoms with Crippen molar-refractivity contribution in [1.29, 1.82) is 0 Å². The first kappa shape index (κ1) is 18.3. The first-order valence-electron chi connectivity index (χ1n) is 8.76. The van der Waals surface area contributed by atoms with Gasteiger partial charge >= 0.3 is 0 Å². The highest BCUT2D eigenvalue weighted by Crippen LogP contribution is 2.24. The van der Waals surface area contributed by atoms with Gasteiger partial charge in [0.15, 0.2) is 0 Å². The molecule has 1 N–H and O–H groups in total. The van der Waals surface area contributed by atoms with Crippen molar-refractivity contribution in [2.75, 3.05) is 26.2 Å². The van der Waals surface area contributed by atoms with E-state index < -0.39 is 10.0 Å². The molecule has 1 aliphatic carbocycles.